The summed E-state index contributed by atoms with van der Waals surface area (Å²) in [5.74, 6) is 2.31. The van der Waals surface area contributed by atoms with Crippen molar-refractivity contribution in [2.45, 2.75) is 18.9 Å². The smallest absolute Gasteiger partial charge is 0.164 e. The largest absolute Gasteiger partial charge is 0.504 e. The lowest BCUT2D eigenvalue weighted by atomic mass is 9.92. The van der Waals surface area contributed by atoms with Crippen molar-refractivity contribution < 1.29 is 19.3 Å². The van der Waals surface area contributed by atoms with Gasteiger partial charge in [0.15, 0.2) is 11.5 Å². The summed E-state index contributed by atoms with van der Waals surface area (Å²) >= 11 is 0. The number of rotatable bonds is 3. The Morgan fingerprint density at radius 3 is 2.38 bits per heavy atom. The third-order valence-electron chi connectivity index (χ3n) is 3.95. The van der Waals surface area contributed by atoms with Crippen LogP contribution in [0.15, 0.2) is 36.4 Å². The number of fused-ring (bicyclic) bond motifs is 1. The molecule has 110 valence electrons. The number of phenolic OH excluding ortho intramolecular Hbond substituents is 1. The maximum Gasteiger partial charge on any atom is 0.164 e. The number of hydrogen-bond donors (Lipinski definition) is 1. The molecule has 0 radical (unpaired) electrons. The molecule has 0 saturated heterocycles. The molecular weight excluding hydrogens is 268 g/mol. The molecule has 4 nitrogen and oxygen atoms in total. The molecule has 0 saturated carbocycles. The van der Waals surface area contributed by atoms with Gasteiger partial charge in [-0.15, -0.1) is 0 Å². The van der Waals surface area contributed by atoms with E-state index in [0.717, 1.165) is 22.6 Å². The van der Waals surface area contributed by atoms with Crippen LogP contribution in [-0.2, 0) is 0 Å². The summed E-state index contributed by atoms with van der Waals surface area (Å²) in [5.41, 5.74) is 2.08. The van der Waals surface area contributed by atoms with E-state index in [1.165, 1.54) is 7.11 Å². The lowest BCUT2D eigenvalue weighted by molar-refractivity contribution is 0.215. The highest BCUT2D eigenvalue weighted by Gasteiger charge is 2.33. The van der Waals surface area contributed by atoms with E-state index < -0.39 is 0 Å². The van der Waals surface area contributed by atoms with E-state index >= 15 is 0 Å². The van der Waals surface area contributed by atoms with Crippen molar-refractivity contribution in [3.8, 4) is 23.0 Å². The summed E-state index contributed by atoms with van der Waals surface area (Å²) in [6.07, 6.45) is -0.0718. The lowest BCUT2D eigenvalue weighted by Gasteiger charge is -2.16. The molecule has 0 amide bonds. The molecule has 1 aliphatic rings. The van der Waals surface area contributed by atoms with Crippen LogP contribution < -0.4 is 14.2 Å². The molecule has 0 bridgehead atoms. The molecule has 2 atom stereocenters. The van der Waals surface area contributed by atoms with Gasteiger partial charge in [0.25, 0.3) is 0 Å². The van der Waals surface area contributed by atoms with Gasteiger partial charge in [-0.05, 0) is 23.8 Å². The van der Waals surface area contributed by atoms with Crippen LogP contribution in [-0.4, -0.2) is 19.3 Å². The van der Waals surface area contributed by atoms with Crippen molar-refractivity contribution >= 4 is 0 Å². The summed E-state index contributed by atoms with van der Waals surface area (Å²) in [6, 6.07) is 11.3. The molecule has 0 aromatic heterocycles. The van der Waals surface area contributed by atoms with Crippen LogP contribution in [0.5, 0.6) is 23.0 Å². The highest BCUT2D eigenvalue weighted by Crippen LogP contribution is 2.49. The zero-order chi connectivity index (χ0) is 15.0. The maximum atomic E-state index is 9.92. The average Bonchev–Trinajstić information content (AvgIpc) is 2.83. The van der Waals surface area contributed by atoms with E-state index in [9.17, 15) is 5.11 Å². The quantitative estimate of drug-likeness (QED) is 0.935. The Balaban J connectivity index is 1.93. The summed E-state index contributed by atoms with van der Waals surface area (Å²) in [5, 5.41) is 9.92. The minimum Gasteiger partial charge on any atom is -0.504 e. The van der Waals surface area contributed by atoms with Gasteiger partial charge in [-0.3, -0.25) is 0 Å². The second-order valence-corrected chi connectivity index (χ2v) is 5.16. The molecule has 1 heterocycles. The number of ether oxygens (including phenoxy) is 3. The standard InChI is InChI=1S/C17H18O4/c1-10-13-8-14(18)16(20-3)9-15(13)21-17(10)11-4-6-12(19-2)7-5-11/h4-10,17-18H,1-3H3/t10-,17-/m1/s1. The number of aromatic hydroxyl groups is 1. The molecule has 4 heteroatoms. The zero-order valence-electron chi connectivity index (χ0n) is 12.3. The van der Waals surface area contributed by atoms with Gasteiger partial charge in [0.2, 0.25) is 0 Å². The van der Waals surface area contributed by atoms with Crippen molar-refractivity contribution in [3.63, 3.8) is 0 Å². The van der Waals surface area contributed by atoms with E-state index in [-0.39, 0.29) is 17.8 Å². The molecule has 1 N–H and O–H groups in total. The lowest BCUT2D eigenvalue weighted by Crippen LogP contribution is -2.06. The van der Waals surface area contributed by atoms with Crippen molar-refractivity contribution in [2.24, 2.45) is 0 Å². The molecule has 1 aliphatic heterocycles. The van der Waals surface area contributed by atoms with E-state index in [1.807, 2.05) is 24.3 Å². The van der Waals surface area contributed by atoms with Crippen molar-refractivity contribution in [2.75, 3.05) is 14.2 Å². The summed E-state index contributed by atoms with van der Waals surface area (Å²) < 4.78 is 16.4. The fourth-order valence-electron chi connectivity index (χ4n) is 2.74. The van der Waals surface area contributed by atoms with Gasteiger partial charge in [0.1, 0.15) is 17.6 Å². The second kappa shape index (κ2) is 5.20. The van der Waals surface area contributed by atoms with Gasteiger partial charge in [-0.1, -0.05) is 19.1 Å². The van der Waals surface area contributed by atoms with Gasteiger partial charge >= 0.3 is 0 Å². The number of hydrogen-bond acceptors (Lipinski definition) is 4. The molecule has 0 fully saturated rings. The van der Waals surface area contributed by atoms with Crippen LogP contribution in [0, 0.1) is 0 Å². The third kappa shape index (κ3) is 2.27. The SMILES string of the molecule is COc1ccc([C@@H]2Oc3cc(OC)c(O)cc3[C@H]2C)cc1. The fraction of sp³-hybridized carbons (Fsp3) is 0.294. The van der Waals surface area contributed by atoms with E-state index in [4.69, 9.17) is 14.2 Å². The minimum absolute atomic E-state index is 0.0718. The minimum atomic E-state index is -0.0718. The summed E-state index contributed by atoms with van der Waals surface area (Å²) in [7, 11) is 3.18. The molecule has 21 heavy (non-hydrogen) atoms. The first-order valence-electron chi connectivity index (χ1n) is 6.85. The van der Waals surface area contributed by atoms with Crippen LogP contribution >= 0.6 is 0 Å². The van der Waals surface area contributed by atoms with E-state index in [2.05, 4.69) is 6.92 Å². The fourth-order valence-corrected chi connectivity index (χ4v) is 2.74. The van der Waals surface area contributed by atoms with E-state index in [0.29, 0.717) is 5.75 Å². The second-order valence-electron chi connectivity index (χ2n) is 5.16. The topological polar surface area (TPSA) is 47.9 Å². The number of methoxy groups -OCH3 is 2. The Hall–Kier alpha value is -2.36. The Bertz CT molecular complexity index is 649. The highest BCUT2D eigenvalue weighted by atomic mass is 16.5. The van der Waals surface area contributed by atoms with Crippen LogP contribution in [0.4, 0.5) is 0 Å². The van der Waals surface area contributed by atoms with Gasteiger partial charge in [0, 0.05) is 17.5 Å². The van der Waals surface area contributed by atoms with Crippen LogP contribution in [0.3, 0.4) is 0 Å². The first-order chi connectivity index (χ1) is 10.1. The molecule has 2 aromatic rings. The van der Waals surface area contributed by atoms with E-state index in [1.54, 1.807) is 19.2 Å². The molecular formula is C17H18O4. The average molecular weight is 286 g/mol. The number of benzene rings is 2. The molecule has 2 aromatic carbocycles. The van der Waals surface area contributed by atoms with Crippen LogP contribution in [0.1, 0.15) is 30.1 Å². The molecule has 0 aliphatic carbocycles. The first-order valence-corrected chi connectivity index (χ1v) is 6.85. The van der Waals surface area contributed by atoms with Crippen LogP contribution in [0.2, 0.25) is 0 Å². The van der Waals surface area contributed by atoms with Crippen molar-refractivity contribution in [1.29, 1.82) is 0 Å². The van der Waals surface area contributed by atoms with Gasteiger partial charge in [-0.25, -0.2) is 0 Å². The zero-order valence-corrected chi connectivity index (χ0v) is 12.3. The normalized spacial score (nSPS) is 19.8. The third-order valence-corrected chi connectivity index (χ3v) is 3.95. The highest BCUT2D eigenvalue weighted by molar-refractivity contribution is 5.54. The van der Waals surface area contributed by atoms with Crippen molar-refractivity contribution in [1.82, 2.24) is 0 Å². The Labute approximate surface area is 123 Å². The first kappa shape index (κ1) is 13.6. The Morgan fingerprint density at radius 1 is 1.05 bits per heavy atom. The Kier molecular flexibility index (Phi) is 3.37. The van der Waals surface area contributed by atoms with Gasteiger partial charge in [-0.2, -0.15) is 0 Å². The summed E-state index contributed by atoms with van der Waals surface area (Å²) in [4.78, 5) is 0. The maximum absolute atomic E-state index is 9.92. The predicted octanol–water partition coefficient (Wildman–Crippen LogP) is 3.65. The van der Waals surface area contributed by atoms with Gasteiger partial charge < -0.3 is 19.3 Å². The van der Waals surface area contributed by atoms with Gasteiger partial charge in [0.05, 0.1) is 14.2 Å². The Morgan fingerprint density at radius 2 is 1.76 bits per heavy atom. The van der Waals surface area contributed by atoms with Crippen molar-refractivity contribution in [3.05, 3.63) is 47.5 Å². The molecule has 3 rings (SSSR count). The number of phenols is 1. The molecule has 0 spiro atoms. The van der Waals surface area contributed by atoms with Crippen LogP contribution in [0.25, 0.3) is 0 Å². The monoisotopic (exact) mass is 286 g/mol. The predicted molar refractivity (Wildman–Crippen MR) is 79.4 cm³/mol. The molecule has 0 unspecified atom stereocenters. The summed E-state index contributed by atoms with van der Waals surface area (Å²) in [6.45, 7) is 2.09.